The van der Waals surface area contributed by atoms with Gasteiger partial charge >= 0.3 is 0 Å². The smallest absolute Gasteiger partial charge is 0.122 e. The summed E-state index contributed by atoms with van der Waals surface area (Å²) in [5, 5.41) is 4.32. The standard InChI is InChI=1S/C18H22ClNO/c1-5-20-18(14-8-6-7-9-16(14)19)15-10-13(3)17(21-4)11-12(15)2/h6-11,18,20H,5H2,1-4H3. The Hall–Kier alpha value is -1.51. The van der Waals surface area contributed by atoms with Crippen LogP contribution in [0.5, 0.6) is 5.75 Å². The maximum Gasteiger partial charge on any atom is 0.122 e. The second-order valence-corrected chi connectivity index (χ2v) is 5.60. The number of hydrogen-bond donors (Lipinski definition) is 1. The number of benzene rings is 2. The van der Waals surface area contributed by atoms with Gasteiger partial charge in [0.1, 0.15) is 5.75 Å². The lowest BCUT2D eigenvalue weighted by Gasteiger charge is -2.23. The minimum absolute atomic E-state index is 0.0910. The molecule has 0 spiro atoms. The SMILES string of the molecule is CCNC(c1cc(C)c(OC)cc1C)c1ccccc1Cl. The molecule has 0 saturated carbocycles. The highest BCUT2D eigenvalue weighted by molar-refractivity contribution is 6.31. The molecule has 0 fully saturated rings. The fourth-order valence-electron chi connectivity index (χ4n) is 2.64. The second-order valence-electron chi connectivity index (χ2n) is 5.19. The van der Waals surface area contributed by atoms with E-state index in [4.69, 9.17) is 16.3 Å². The van der Waals surface area contributed by atoms with Crippen molar-refractivity contribution in [1.29, 1.82) is 0 Å². The van der Waals surface area contributed by atoms with Gasteiger partial charge in [0.2, 0.25) is 0 Å². The van der Waals surface area contributed by atoms with E-state index in [1.807, 2.05) is 18.2 Å². The van der Waals surface area contributed by atoms with E-state index in [0.29, 0.717) is 0 Å². The monoisotopic (exact) mass is 303 g/mol. The Bertz CT molecular complexity index is 625. The summed E-state index contributed by atoms with van der Waals surface area (Å²) < 4.78 is 5.40. The highest BCUT2D eigenvalue weighted by atomic mass is 35.5. The number of methoxy groups -OCH3 is 1. The zero-order valence-electron chi connectivity index (χ0n) is 13.0. The molecule has 0 bridgehead atoms. The molecule has 0 amide bonds. The molecule has 2 aromatic carbocycles. The average Bonchev–Trinajstić information content (AvgIpc) is 2.48. The lowest BCUT2D eigenvalue weighted by atomic mass is 9.93. The first-order chi connectivity index (χ1) is 10.1. The maximum absolute atomic E-state index is 6.39. The third kappa shape index (κ3) is 3.39. The van der Waals surface area contributed by atoms with Crippen molar-refractivity contribution in [2.75, 3.05) is 13.7 Å². The molecular weight excluding hydrogens is 282 g/mol. The van der Waals surface area contributed by atoms with Gasteiger partial charge in [0.05, 0.1) is 13.2 Å². The fourth-order valence-corrected chi connectivity index (χ4v) is 2.89. The van der Waals surface area contributed by atoms with Crippen LogP contribution < -0.4 is 10.1 Å². The Kier molecular flexibility index (Phi) is 5.27. The Morgan fingerprint density at radius 2 is 1.81 bits per heavy atom. The summed E-state index contributed by atoms with van der Waals surface area (Å²) in [5.41, 5.74) is 4.67. The molecule has 1 N–H and O–H groups in total. The van der Waals surface area contributed by atoms with Gasteiger partial charge in [-0.15, -0.1) is 0 Å². The molecule has 0 heterocycles. The van der Waals surface area contributed by atoms with Crippen LogP contribution in [0.15, 0.2) is 36.4 Å². The fraction of sp³-hybridized carbons (Fsp3) is 0.333. The van der Waals surface area contributed by atoms with Gasteiger partial charge in [-0.3, -0.25) is 0 Å². The normalized spacial score (nSPS) is 12.2. The number of halogens is 1. The van der Waals surface area contributed by atoms with E-state index >= 15 is 0 Å². The van der Waals surface area contributed by atoms with Crippen molar-refractivity contribution in [3.05, 3.63) is 63.7 Å². The van der Waals surface area contributed by atoms with Gasteiger partial charge in [0, 0.05) is 5.02 Å². The van der Waals surface area contributed by atoms with Crippen LogP contribution in [0.4, 0.5) is 0 Å². The molecule has 0 aliphatic rings. The van der Waals surface area contributed by atoms with E-state index in [1.54, 1.807) is 7.11 Å². The van der Waals surface area contributed by atoms with Gasteiger partial charge in [-0.25, -0.2) is 0 Å². The summed E-state index contributed by atoms with van der Waals surface area (Å²) in [4.78, 5) is 0. The van der Waals surface area contributed by atoms with Crippen LogP contribution in [0.25, 0.3) is 0 Å². The summed E-state index contributed by atoms with van der Waals surface area (Å²) in [7, 11) is 1.71. The van der Waals surface area contributed by atoms with Gasteiger partial charge < -0.3 is 10.1 Å². The van der Waals surface area contributed by atoms with Gasteiger partial charge in [-0.1, -0.05) is 42.8 Å². The summed E-state index contributed by atoms with van der Waals surface area (Å²) in [6.45, 7) is 7.16. The quantitative estimate of drug-likeness (QED) is 0.867. The molecule has 0 aromatic heterocycles. The summed E-state index contributed by atoms with van der Waals surface area (Å²) in [6, 6.07) is 12.4. The predicted octanol–water partition coefficient (Wildman–Crippen LogP) is 4.66. The van der Waals surface area contributed by atoms with Crippen LogP contribution in [-0.4, -0.2) is 13.7 Å². The number of nitrogens with one attached hydrogen (secondary N) is 1. The van der Waals surface area contributed by atoms with E-state index < -0.39 is 0 Å². The molecule has 2 aromatic rings. The topological polar surface area (TPSA) is 21.3 Å². The lowest BCUT2D eigenvalue weighted by Crippen LogP contribution is -2.23. The number of aryl methyl sites for hydroxylation is 2. The van der Waals surface area contributed by atoms with Crippen LogP contribution in [0, 0.1) is 13.8 Å². The molecular formula is C18H22ClNO. The largest absolute Gasteiger partial charge is 0.496 e. The zero-order valence-corrected chi connectivity index (χ0v) is 13.8. The lowest BCUT2D eigenvalue weighted by molar-refractivity contribution is 0.411. The van der Waals surface area contributed by atoms with E-state index in [-0.39, 0.29) is 6.04 Å². The van der Waals surface area contributed by atoms with Crippen LogP contribution in [0.1, 0.15) is 35.2 Å². The molecule has 1 unspecified atom stereocenters. The Morgan fingerprint density at radius 1 is 1.10 bits per heavy atom. The minimum atomic E-state index is 0.0910. The second kappa shape index (κ2) is 6.97. The van der Waals surface area contributed by atoms with E-state index in [9.17, 15) is 0 Å². The summed E-state index contributed by atoms with van der Waals surface area (Å²) >= 11 is 6.39. The van der Waals surface area contributed by atoms with Crippen LogP contribution in [0.2, 0.25) is 5.02 Å². The highest BCUT2D eigenvalue weighted by Gasteiger charge is 2.19. The van der Waals surface area contributed by atoms with Crippen molar-refractivity contribution < 1.29 is 4.74 Å². The van der Waals surface area contributed by atoms with Crippen molar-refractivity contribution >= 4 is 11.6 Å². The summed E-state index contributed by atoms with van der Waals surface area (Å²) in [6.07, 6.45) is 0. The molecule has 21 heavy (non-hydrogen) atoms. The molecule has 0 saturated heterocycles. The molecule has 2 nitrogen and oxygen atoms in total. The highest BCUT2D eigenvalue weighted by Crippen LogP contribution is 2.33. The first kappa shape index (κ1) is 15.9. The maximum atomic E-state index is 6.39. The molecule has 0 radical (unpaired) electrons. The van der Waals surface area contributed by atoms with Gasteiger partial charge in [-0.2, -0.15) is 0 Å². The first-order valence-electron chi connectivity index (χ1n) is 7.21. The predicted molar refractivity (Wildman–Crippen MR) is 89.4 cm³/mol. The molecule has 1 atom stereocenters. The Morgan fingerprint density at radius 3 is 2.43 bits per heavy atom. The molecule has 0 aliphatic heterocycles. The number of rotatable bonds is 5. The number of hydrogen-bond acceptors (Lipinski definition) is 2. The van der Waals surface area contributed by atoms with Gasteiger partial charge in [-0.05, 0) is 54.8 Å². The van der Waals surface area contributed by atoms with Crippen LogP contribution >= 0.6 is 11.6 Å². The molecule has 2 rings (SSSR count). The van der Waals surface area contributed by atoms with Gasteiger partial charge in [0.15, 0.2) is 0 Å². The molecule has 3 heteroatoms. The van der Waals surface area contributed by atoms with Crippen molar-refractivity contribution in [2.45, 2.75) is 26.8 Å². The van der Waals surface area contributed by atoms with Crippen molar-refractivity contribution in [3.63, 3.8) is 0 Å². The first-order valence-corrected chi connectivity index (χ1v) is 7.59. The third-order valence-electron chi connectivity index (χ3n) is 3.72. The minimum Gasteiger partial charge on any atom is -0.496 e. The van der Waals surface area contributed by atoms with Crippen LogP contribution in [0.3, 0.4) is 0 Å². The van der Waals surface area contributed by atoms with Crippen LogP contribution in [-0.2, 0) is 0 Å². The molecule has 112 valence electrons. The Labute approximate surface area is 132 Å². The number of ether oxygens (including phenoxy) is 1. The zero-order chi connectivity index (χ0) is 15.4. The van der Waals surface area contributed by atoms with E-state index in [1.165, 1.54) is 11.1 Å². The van der Waals surface area contributed by atoms with E-state index in [2.05, 4.69) is 44.3 Å². The average molecular weight is 304 g/mol. The molecule has 0 aliphatic carbocycles. The summed E-state index contributed by atoms with van der Waals surface area (Å²) in [5.74, 6) is 0.922. The Balaban J connectivity index is 2.53. The van der Waals surface area contributed by atoms with Crippen molar-refractivity contribution in [1.82, 2.24) is 5.32 Å². The van der Waals surface area contributed by atoms with Gasteiger partial charge in [0.25, 0.3) is 0 Å². The van der Waals surface area contributed by atoms with Crippen molar-refractivity contribution in [2.24, 2.45) is 0 Å². The van der Waals surface area contributed by atoms with E-state index in [0.717, 1.165) is 28.4 Å². The van der Waals surface area contributed by atoms with Crippen molar-refractivity contribution in [3.8, 4) is 5.75 Å². The third-order valence-corrected chi connectivity index (χ3v) is 4.06.